The van der Waals surface area contributed by atoms with E-state index in [4.69, 9.17) is 9.47 Å². The van der Waals surface area contributed by atoms with Crippen molar-refractivity contribution in [3.63, 3.8) is 0 Å². The fraction of sp³-hybridized carbons (Fsp3) is 0.464. The largest absolute Gasteiger partial charge is 0.489 e. The van der Waals surface area contributed by atoms with Crippen LogP contribution in [0, 0.1) is 5.41 Å². The van der Waals surface area contributed by atoms with Gasteiger partial charge >= 0.3 is 5.97 Å². The van der Waals surface area contributed by atoms with Crippen LogP contribution in [0.1, 0.15) is 51.2 Å². The van der Waals surface area contributed by atoms with Gasteiger partial charge in [-0.3, -0.25) is 14.1 Å². The lowest BCUT2D eigenvalue weighted by atomic mass is 9.96. The molecule has 1 atom stereocenters. The van der Waals surface area contributed by atoms with E-state index in [-0.39, 0.29) is 18.7 Å². The Bertz CT molecular complexity index is 1080. The first-order valence-electron chi connectivity index (χ1n) is 12.2. The van der Waals surface area contributed by atoms with E-state index >= 15 is 0 Å². The van der Waals surface area contributed by atoms with Crippen molar-refractivity contribution in [3.05, 3.63) is 58.1 Å². The molecule has 0 spiro atoms. The van der Waals surface area contributed by atoms with Gasteiger partial charge in [0.05, 0.1) is 12.1 Å². The van der Waals surface area contributed by atoms with E-state index in [1.54, 1.807) is 11.8 Å². The van der Waals surface area contributed by atoms with Crippen LogP contribution in [0.3, 0.4) is 0 Å². The highest BCUT2D eigenvalue weighted by Gasteiger charge is 2.26. The number of hydrogen-bond acceptors (Lipinski definition) is 5. The number of esters is 1. The van der Waals surface area contributed by atoms with Crippen LogP contribution in [0.25, 0.3) is 5.57 Å². The van der Waals surface area contributed by atoms with E-state index in [2.05, 4.69) is 33.0 Å². The predicted octanol–water partition coefficient (Wildman–Crippen LogP) is 7.10. The second kappa shape index (κ2) is 11.5. The number of allylic oxidation sites excluding steroid dienone is 1. The number of carbonyl (C=O) groups excluding carboxylic acids is 1. The Labute approximate surface area is 220 Å². The molecule has 0 radical (unpaired) electrons. The molecule has 7 heteroatoms. The van der Waals surface area contributed by atoms with E-state index in [0.717, 1.165) is 70.1 Å². The van der Waals surface area contributed by atoms with Crippen molar-refractivity contribution in [1.29, 1.82) is 0 Å². The summed E-state index contributed by atoms with van der Waals surface area (Å²) in [6.45, 7) is 7.91. The summed E-state index contributed by atoms with van der Waals surface area (Å²) < 4.78 is 25.5. The van der Waals surface area contributed by atoms with Crippen LogP contribution in [0.15, 0.2) is 51.8 Å². The average Bonchev–Trinajstić information content (AvgIpc) is 3.19. The summed E-state index contributed by atoms with van der Waals surface area (Å²) in [4.78, 5) is 15.7. The second-order valence-electron chi connectivity index (χ2n) is 10.1. The van der Waals surface area contributed by atoms with Crippen LogP contribution in [0.5, 0.6) is 11.5 Å². The van der Waals surface area contributed by atoms with Crippen molar-refractivity contribution in [2.45, 2.75) is 51.0 Å². The fourth-order valence-electron chi connectivity index (χ4n) is 4.26. The first-order chi connectivity index (χ1) is 16.7. The third kappa shape index (κ3) is 6.69. The van der Waals surface area contributed by atoms with E-state index in [1.807, 2.05) is 51.1 Å². The summed E-state index contributed by atoms with van der Waals surface area (Å²) in [5.41, 5.74) is 2.85. The molecule has 2 aromatic carbocycles. The van der Waals surface area contributed by atoms with Crippen molar-refractivity contribution in [2.75, 3.05) is 32.1 Å². The van der Waals surface area contributed by atoms with Crippen LogP contribution in [0.4, 0.5) is 4.39 Å². The molecule has 0 aromatic heterocycles. The normalized spacial score (nSPS) is 18.8. The summed E-state index contributed by atoms with van der Waals surface area (Å²) in [6, 6.07) is 14.2. The van der Waals surface area contributed by atoms with Gasteiger partial charge in [-0.25, -0.2) is 0 Å². The fourth-order valence-corrected chi connectivity index (χ4v) is 6.21. The van der Waals surface area contributed by atoms with Gasteiger partial charge in [-0.1, -0.05) is 28.1 Å². The number of benzene rings is 2. The standard InChI is InChI=1S/C28H33BrFNO3S/c1-28(2,3)27(32)34-21-9-10-23-25(17-21)35-16-12-24(29)26(23)19-5-7-20(8-6-19)33-22-11-15-31(18-22)14-4-13-30/h5-10,17,22H,4,11-16,18H2,1-3H3. The number of halogens is 2. The van der Waals surface area contributed by atoms with Crippen LogP contribution in [0.2, 0.25) is 0 Å². The quantitative estimate of drug-likeness (QED) is 0.266. The Balaban J connectivity index is 1.50. The first kappa shape index (κ1) is 26.2. The highest BCUT2D eigenvalue weighted by atomic mass is 79.9. The molecule has 188 valence electrons. The molecule has 1 unspecified atom stereocenters. The molecule has 0 amide bonds. The molecule has 1 fully saturated rings. The highest BCUT2D eigenvalue weighted by Crippen LogP contribution is 2.43. The van der Waals surface area contributed by atoms with E-state index in [1.165, 1.54) is 0 Å². The maximum absolute atomic E-state index is 12.5. The van der Waals surface area contributed by atoms with Gasteiger partial charge in [-0.2, -0.15) is 0 Å². The predicted molar refractivity (Wildman–Crippen MR) is 144 cm³/mol. The number of thioether (sulfide) groups is 1. The number of carbonyl (C=O) groups is 1. The molecular weight excluding hydrogens is 529 g/mol. The van der Waals surface area contributed by atoms with Crippen molar-refractivity contribution >= 4 is 39.2 Å². The summed E-state index contributed by atoms with van der Waals surface area (Å²) >= 11 is 5.61. The Kier molecular flexibility index (Phi) is 8.61. The zero-order chi connectivity index (χ0) is 25.0. The van der Waals surface area contributed by atoms with Gasteiger partial charge in [-0.05, 0) is 81.5 Å². The van der Waals surface area contributed by atoms with Gasteiger partial charge in [-0.15, -0.1) is 11.8 Å². The molecule has 2 aliphatic heterocycles. The summed E-state index contributed by atoms with van der Waals surface area (Å²) in [7, 11) is 0. The lowest BCUT2D eigenvalue weighted by Crippen LogP contribution is -2.26. The summed E-state index contributed by atoms with van der Waals surface area (Å²) in [5, 5.41) is 0. The Hall–Kier alpha value is -1.83. The summed E-state index contributed by atoms with van der Waals surface area (Å²) in [6.07, 6.45) is 2.62. The molecule has 0 aliphatic carbocycles. The molecule has 35 heavy (non-hydrogen) atoms. The number of alkyl halides is 1. The lowest BCUT2D eigenvalue weighted by molar-refractivity contribution is -0.143. The minimum Gasteiger partial charge on any atom is -0.489 e. The minimum atomic E-state index is -0.553. The Morgan fingerprint density at radius 2 is 1.91 bits per heavy atom. The van der Waals surface area contributed by atoms with Crippen molar-refractivity contribution < 1.29 is 18.7 Å². The highest BCUT2D eigenvalue weighted by molar-refractivity contribution is 9.11. The number of likely N-dealkylation sites (tertiary alicyclic amines) is 1. The third-order valence-electron chi connectivity index (χ3n) is 6.18. The molecule has 0 N–H and O–H groups in total. The monoisotopic (exact) mass is 561 g/mol. The van der Waals surface area contributed by atoms with Gasteiger partial charge in [0.15, 0.2) is 0 Å². The van der Waals surface area contributed by atoms with Gasteiger partial charge in [0, 0.05) is 40.3 Å². The van der Waals surface area contributed by atoms with Gasteiger partial charge < -0.3 is 9.47 Å². The number of nitrogens with zero attached hydrogens (tertiary/aromatic N) is 1. The number of hydrogen-bond donors (Lipinski definition) is 0. The summed E-state index contributed by atoms with van der Waals surface area (Å²) in [5.74, 6) is 2.14. The van der Waals surface area contributed by atoms with Crippen molar-refractivity contribution in [3.8, 4) is 11.5 Å². The van der Waals surface area contributed by atoms with Crippen LogP contribution in [-0.2, 0) is 4.79 Å². The average molecular weight is 563 g/mol. The topological polar surface area (TPSA) is 38.8 Å². The molecular formula is C28H33BrFNO3S. The van der Waals surface area contributed by atoms with Crippen LogP contribution in [-0.4, -0.2) is 49.0 Å². The molecule has 4 nitrogen and oxygen atoms in total. The zero-order valence-corrected chi connectivity index (χ0v) is 23.0. The molecule has 2 aromatic rings. The molecule has 2 heterocycles. The van der Waals surface area contributed by atoms with Crippen LogP contribution < -0.4 is 9.47 Å². The molecule has 4 rings (SSSR count). The van der Waals surface area contributed by atoms with Crippen molar-refractivity contribution in [2.24, 2.45) is 5.41 Å². The zero-order valence-electron chi connectivity index (χ0n) is 20.6. The smallest absolute Gasteiger partial charge is 0.316 e. The first-order valence-corrected chi connectivity index (χ1v) is 14.0. The molecule has 1 saturated heterocycles. The maximum Gasteiger partial charge on any atom is 0.316 e. The van der Waals surface area contributed by atoms with Gasteiger partial charge in [0.2, 0.25) is 0 Å². The maximum atomic E-state index is 12.5. The number of fused-ring (bicyclic) bond motifs is 1. The van der Waals surface area contributed by atoms with Gasteiger partial charge in [0.1, 0.15) is 17.6 Å². The van der Waals surface area contributed by atoms with E-state index < -0.39 is 5.41 Å². The number of ether oxygens (including phenoxy) is 2. The number of rotatable bonds is 7. The van der Waals surface area contributed by atoms with Gasteiger partial charge in [0.25, 0.3) is 0 Å². The third-order valence-corrected chi connectivity index (χ3v) is 8.03. The molecule has 0 saturated carbocycles. The Morgan fingerprint density at radius 3 is 2.63 bits per heavy atom. The Morgan fingerprint density at radius 1 is 1.17 bits per heavy atom. The molecule has 2 aliphatic rings. The van der Waals surface area contributed by atoms with E-state index in [0.29, 0.717) is 12.2 Å². The van der Waals surface area contributed by atoms with Crippen molar-refractivity contribution in [1.82, 2.24) is 4.90 Å². The van der Waals surface area contributed by atoms with E-state index in [9.17, 15) is 9.18 Å². The minimum absolute atomic E-state index is 0.149. The lowest BCUT2D eigenvalue weighted by Gasteiger charge is -2.18. The SMILES string of the molecule is CC(C)(C)C(=O)Oc1ccc2c(c1)SCCC(Br)=C2c1ccc(OC2CCN(CCCF)C2)cc1. The molecule has 0 bridgehead atoms. The second-order valence-corrected chi connectivity index (χ2v) is 12.2. The van der Waals surface area contributed by atoms with Crippen LogP contribution >= 0.6 is 27.7 Å².